The smallest absolute Gasteiger partial charge is 0.265 e. The average molecular weight is 371 g/mol. The van der Waals surface area contributed by atoms with Gasteiger partial charge in [0.15, 0.2) is 0 Å². The normalized spacial score (nSPS) is 10.3. The molecule has 0 aliphatic heterocycles. The number of carbonyl (C=O) groups is 2. The van der Waals surface area contributed by atoms with Gasteiger partial charge in [-0.3, -0.25) is 9.59 Å². The molecule has 1 heterocycles. The summed E-state index contributed by atoms with van der Waals surface area (Å²) in [6, 6.07) is 18.0. The van der Waals surface area contributed by atoms with Crippen molar-refractivity contribution in [3.63, 3.8) is 0 Å². The molecule has 126 valence electrons. The molecular weight excluding hydrogens is 356 g/mol. The van der Waals surface area contributed by atoms with Crippen LogP contribution in [0.4, 0.5) is 5.69 Å². The first kappa shape index (κ1) is 17.2. The van der Waals surface area contributed by atoms with Gasteiger partial charge in [-0.15, -0.1) is 11.3 Å². The van der Waals surface area contributed by atoms with Crippen LogP contribution in [0.2, 0.25) is 5.02 Å². The number of benzene rings is 2. The predicted molar refractivity (Wildman–Crippen MR) is 101 cm³/mol. The highest BCUT2D eigenvalue weighted by atomic mass is 35.5. The van der Waals surface area contributed by atoms with Crippen LogP contribution < -0.4 is 10.6 Å². The van der Waals surface area contributed by atoms with Gasteiger partial charge in [0.2, 0.25) is 0 Å². The molecule has 0 radical (unpaired) electrons. The zero-order valence-electron chi connectivity index (χ0n) is 13.2. The summed E-state index contributed by atoms with van der Waals surface area (Å²) in [7, 11) is 0. The summed E-state index contributed by atoms with van der Waals surface area (Å²) in [6.07, 6.45) is 0. The Balaban J connectivity index is 1.70. The first-order valence-electron chi connectivity index (χ1n) is 7.60. The third kappa shape index (κ3) is 4.47. The minimum atomic E-state index is -0.251. The van der Waals surface area contributed by atoms with Gasteiger partial charge in [0, 0.05) is 12.1 Å². The second-order valence-corrected chi connectivity index (χ2v) is 6.65. The van der Waals surface area contributed by atoms with E-state index in [-0.39, 0.29) is 11.8 Å². The number of nitrogens with one attached hydrogen (secondary N) is 2. The van der Waals surface area contributed by atoms with Gasteiger partial charge in [0.05, 0.1) is 15.6 Å². The summed E-state index contributed by atoms with van der Waals surface area (Å²) in [6.45, 7) is 0.430. The summed E-state index contributed by atoms with van der Waals surface area (Å²) >= 11 is 7.47. The fourth-order valence-corrected chi connectivity index (χ4v) is 3.02. The highest BCUT2D eigenvalue weighted by molar-refractivity contribution is 7.12. The second kappa shape index (κ2) is 7.96. The van der Waals surface area contributed by atoms with Gasteiger partial charge >= 0.3 is 0 Å². The Morgan fingerprint density at radius 3 is 2.48 bits per heavy atom. The molecule has 0 bridgehead atoms. The van der Waals surface area contributed by atoms with Crippen LogP contribution in [0, 0.1) is 0 Å². The highest BCUT2D eigenvalue weighted by Crippen LogP contribution is 2.24. The van der Waals surface area contributed by atoms with Crippen molar-refractivity contribution in [3.05, 3.63) is 87.1 Å². The van der Waals surface area contributed by atoms with Crippen LogP contribution in [0.5, 0.6) is 0 Å². The molecule has 3 rings (SSSR count). The van der Waals surface area contributed by atoms with E-state index in [1.807, 2.05) is 35.7 Å². The minimum absolute atomic E-state index is 0.229. The van der Waals surface area contributed by atoms with Crippen LogP contribution in [-0.2, 0) is 6.54 Å². The van der Waals surface area contributed by atoms with Crippen molar-refractivity contribution in [2.45, 2.75) is 6.54 Å². The van der Waals surface area contributed by atoms with Crippen LogP contribution >= 0.6 is 22.9 Å². The van der Waals surface area contributed by atoms with Crippen molar-refractivity contribution in [2.24, 2.45) is 0 Å². The molecule has 6 heteroatoms. The monoisotopic (exact) mass is 370 g/mol. The number of carbonyl (C=O) groups excluding carboxylic acids is 2. The van der Waals surface area contributed by atoms with E-state index in [9.17, 15) is 9.59 Å². The molecule has 25 heavy (non-hydrogen) atoms. The number of rotatable bonds is 5. The van der Waals surface area contributed by atoms with E-state index in [0.29, 0.717) is 27.7 Å². The standard InChI is InChI=1S/C19H15ClN2O2S/c20-15-9-8-14(18(23)21-12-13-5-2-1-3-6-13)11-16(15)22-19(24)17-7-4-10-25-17/h1-11H,12H2,(H,21,23)(H,22,24). The Kier molecular flexibility index (Phi) is 5.48. The van der Waals surface area contributed by atoms with E-state index < -0.39 is 0 Å². The fourth-order valence-electron chi connectivity index (χ4n) is 2.23. The van der Waals surface area contributed by atoms with Crippen molar-refractivity contribution in [2.75, 3.05) is 5.32 Å². The summed E-state index contributed by atoms with van der Waals surface area (Å²) in [5.41, 5.74) is 1.85. The molecule has 0 atom stereocenters. The zero-order valence-corrected chi connectivity index (χ0v) is 14.7. The van der Waals surface area contributed by atoms with Crippen molar-refractivity contribution < 1.29 is 9.59 Å². The molecule has 0 fully saturated rings. The van der Waals surface area contributed by atoms with Crippen LogP contribution in [0.25, 0.3) is 0 Å². The van der Waals surface area contributed by atoms with Gasteiger partial charge in [-0.1, -0.05) is 48.0 Å². The van der Waals surface area contributed by atoms with Crippen LogP contribution in [-0.4, -0.2) is 11.8 Å². The zero-order chi connectivity index (χ0) is 17.6. The molecule has 4 nitrogen and oxygen atoms in total. The first-order chi connectivity index (χ1) is 12.1. The largest absolute Gasteiger partial charge is 0.348 e. The lowest BCUT2D eigenvalue weighted by atomic mass is 10.1. The molecular formula is C19H15ClN2O2S. The van der Waals surface area contributed by atoms with Crippen LogP contribution in [0.3, 0.4) is 0 Å². The summed E-state index contributed by atoms with van der Waals surface area (Å²) in [4.78, 5) is 25.1. The quantitative estimate of drug-likeness (QED) is 0.690. The van der Waals surface area contributed by atoms with Gasteiger partial charge in [-0.2, -0.15) is 0 Å². The van der Waals surface area contributed by atoms with Gasteiger partial charge < -0.3 is 10.6 Å². The number of hydrogen-bond donors (Lipinski definition) is 2. The van der Waals surface area contributed by atoms with E-state index in [1.54, 1.807) is 30.3 Å². The molecule has 2 N–H and O–H groups in total. The van der Waals surface area contributed by atoms with E-state index in [1.165, 1.54) is 11.3 Å². The van der Waals surface area contributed by atoms with Gasteiger partial charge in [0.1, 0.15) is 0 Å². The SMILES string of the molecule is O=C(NCc1ccccc1)c1ccc(Cl)c(NC(=O)c2cccs2)c1. The maximum Gasteiger partial charge on any atom is 0.265 e. The topological polar surface area (TPSA) is 58.2 Å². The lowest BCUT2D eigenvalue weighted by Gasteiger charge is -2.10. The molecule has 0 aliphatic rings. The van der Waals surface area contributed by atoms with Crippen LogP contribution in [0.15, 0.2) is 66.0 Å². The molecule has 3 aromatic rings. The highest BCUT2D eigenvalue weighted by Gasteiger charge is 2.12. The summed E-state index contributed by atoms with van der Waals surface area (Å²) < 4.78 is 0. The number of halogens is 1. The maximum absolute atomic E-state index is 12.3. The molecule has 0 aliphatic carbocycles. The first-order valence-corrected chi connectivity index (χ1v) is 8.86. The number of hydrogen-bond acceptors (Lipinski definition) is 3. The Morgan fingerprint density at radius 2 is 1.76 bits per heavy atom. The predicted octanol–water partition coefficient (Wildman–Crippen LogP) is 4.58. The van der Waals surface area contributed by atoms with E-state index in [4.69, 9.17) is 11.6 Å². The van der Waals surface area contributed by atoms with Crippen molar-refractivity contribution >= 4 is 40.4 Å². The molecule has 0 saturated heterocycles. The number of thiophene rings is 1. The molecule has 0 spiro atoms. The van der Waals surface area contributed by atoms with E-state index in [2.05, 4.69) is 10.6 Å². The second-order valence-electron chi connectivity index (χ2n) is 5.29. The Morgan fingerprint density at radius 1 is 0.960 bits per heavy atom. The van der Waals surface area contributed by atoms with Crippen molar-refractivity contribution in [1.82, 2.24) is 5.32 Å². The van der Waals surface area contributed by atoms with Crippen molar-refractivity contribution in [3.8, 4) is 0 Å². The van der Waals surface area contributed by atoms with E-state index in [0.717, 1.165) is 5.56 Å². The lowest BCUT2D eigenvalue weighted by molar-refractivity contribution is 0.0949. The lowest BCUT2D eigenvalue weighted by Crippen LogP contribution is -2.23. The average Bonchev–Trinajstić information content (AvgIpc) is 3.17. The van der Waals surface area contributed by atoms with Crippen molar-refractivity contribution in [1.29, 1.82) is 0 Å². The maximum atomic E-state index is 12.3. The van der Waals surface area contributed by atoms with Gasteiger partial charge in [0.25, 0.3) is 11.8 Å². The minimum Gasteiger partial charge on any atom is -0.348 e. The van der Waals surface area contributed by atoms with Crippen LogP contribution in [0.1, 0.15) is 25.6 Å². The Bertz CT molecular complexity index is 880. The fraction of sp³-hybridized carbons (Fsp3) is 0.0526. The Labute approximate surface area is 154 Å². The van der Waals surface area contributed by atoms with Gasteiger partial charge in [-0.05, 0) is 35.2 Å². The van der Waals surface area contributed by atoms with E-state index >= 15 is 0 Å². The molecule has 1 aromatic heterocycles. The number of amides is 2. The Hall–Kier alpha value is -2.63. The molecule has 2 amide bonds. The van der Waals surface area contributed by atoms with Gasteiger partial charge in [-0.25, -0.2) is 0 Å². The third-order valence-corrected chi connectivity index (χ3v) is 4.72. The molecule has 2 aromatic carbocycles. The number of anilines is 1. The summed E-state index contributed by atoms with van der Waals surface area (Å²) in [5, 5.41) is 7.79. The molecule has 0 unspecified atom stereocenters. The third-order valence-electron chi connectivity index (χ3n) is 3.52. The molecule has 0 saturated carbocycles. The summed E-state index contributed by atoms with van der Waals surface area (Å²) in [5.74, 6) is -0.481.